The minimum Gasteiger partial charge on any atom is -0.341 e. The Morgan fingerprint density at radius 2 is 1.94 bits per heavy atom. The van der Waals surface area contributed by atoms with Gasteiger partial charge in [-0.25, -0.2) is 0 Å². The molecule has 1 atom stereocenters. The van der Waals surface area contributed by atoms with Gasteiger partial charge in [0.05, 0.1) is 6.04 Å². The van der Waals surface area contributed by atoms with Gasteiger partial charge in [-0.1, -0.05) is 12.8 Å². The van der Waals surface area contributed by atoms with E-state index in [1.54, 1.807) is 0 Å². The Kier molecular flexibility index (Phi) is 7.69. The lowest BCUT2D eigenvalue weighted by Gasteiger charge is -2.24. The second kappa shape index (κ2) is 8.81. The quantitative estimate of drug-likeness (QED) is 0.741. The van der Waals surface area contributed by atoms with E-state index >= 15 is 0 Å². The van der Waals surface area contributed by atoms with E-state index in [-0.39, 0.29) is 11.9 Å². The van der Waals surface area contributed by atoms with Crippen LogP contribution in [0, 0.1) is 0 Å². The molecular weight excluding hydrogens is 232 g/mol. The lowest BCUT2D eigenvalue weighted by atomic mass is 10.2. The molecule has 1 fully saturated rings. The molecular formula is C13H26N2OS. The van der Waals surface area contributed by atoms with Gasteiger partial charge in [-0.15, -0.1) is 0 Å². The molecule has 1 amide bonds. The van der Waals surface area contributed by atoms with Gasteiger partial charge in [0.1, 0.15) is 0 Å². The maximum atomic E-state index is 12.2. The van der Waals surface area contributed by atoms with E-state index in [9.17, 15) is 4.79 Å². The number of likely N-dealkylation sites (tertiary alicyclic amines) is 1. The molecule has 1 unspecified atom stereocenters. The van der Waals surface area contributed by atoms with Crippen molar-refractivity contribution in [2.45, 2.75) is 45.1 Å². The minimum atomic E-state index is -0.0186. The number of rotatable bonds is 6. The molecule has 0 aromatic carbocycles. The molecule has 1 saturated heterocycles. The summed E-state index contributed by atoms with van der Waals surface area (Å²) >= 11 is 1.86. The smallest absolute Gasteiger partial charge is 0.239 e. The van der Waals surface area contributed by atoms with Crippen molar-refractivity contribution in [3.8, 4) is 0 Å². The highest BCUT2D eigenvalue weighted by Crippen LogP contribution is 2.10. The number of carbonyl (C=O) groups excluding carboxylic acids is 1. The summed E-state index contributed by atoms with van der Waals surface area (Å²) in [6.07, 6.45) is 8.15. The van der Waals surface area contributed by atoms with Crippen LogP contribution in [0.2, 0.25) is 0 Å². The average Bonchev–Trinajstić information content (AvgIpc) is 2.62. The van der Waals surface area contributed by atoms with Gasteiger partial charge in [0.25, 0.3) is 0 Å². The molecule has 1 aliphatic heterocycles. The first-order valence-electron chi connectivity index (χ1n) is 6.77. The van der Waals surface area contributed by atoms with Crippen LogP contribution in [0.25, 0.3) is 0 Å². The summed E-state index contributed by atoms with van der Waals surface area (Å²) < 4.78 is 0. The first-order valence-corrected chi connectivity index (χ1v) is 8.16. The van der Waals surface area contributed by atoms with Crippen LogP contribution in [0.15, 0.2) is 0 Å². The van der Waals surface area contributed by atoms with Gasteiger partial charge in [-0.3, -0.25) is 4.79 Å². The van der Waals surface area contributed by atoms with E-state index in [0.717, 1.165) is 31.8 Å². The summed E-state index contributed by atoms with van der Waals surface area (Å²) in [5.74, 6) is 1.45. The zero-order chi connectivity index (χ0) is 12.5. The van der Waals surface area contributed by atoms with E-state index in [4.69, 9.17) is 0 Å². The zero-order valence-corrected chi connectivity index (χ0v) is 12.0. The maximum absolute atomic E-state index is 12.2. The lowest BCUT2D eigenvalue weighted by molar-refractivity contribution is -0.133. The summed E-state index contributed by atoms with van der Waals surface area (Å²) in [6, 6.07) is -0.0186. The van der Waals surface area contributed by atoms with E-state index in [0.29, 0.717) is 0 Å². The summed E-state index contributed by atoms with van der Waals surface area (Å²) in [6.45, 7) is 4.85. The monoisotopic (exact) mass is 258 g/mol. The first kappa shape index (κ1) is 14.8. The molecule has 0 aliphatic carbocycles. The highest BCUT2D eigenvalue weighted by molar-refractivity contribution is 7.98. The van der Waals surface area contributed by atoms with Gasteiger partial charge in [0.15, 0.2) is 0 Å². The third-order valence-electron chi connectivity index (χ3n) is 3.26. The fourth-order valence-electron chi connectivity index (χ4n) is 2.19. The van der Waals surface area contributed by atoms with Crippen LogP contribution in [0.3, 0.4) is 0 Å². The fraction of sp³-hybridized carbons (Fsp3) is 0.923. The van der Waals surface area contributed by atoms with E-state index in [1.165, 1.54) is 25.7 Å². The van der Waals surface area contributed by atoms with Gasteiger partial charge in [-0.05, 0) is 44.7 Å². The van der Waals surface area contributed by atoms with E-state index in [1.807, 2.05) is 23.6 Å². The topological polar surface area (TPSA) is 32.3 Å². The minimum absolute atomic E-state index is 0.0186. The third kappa shape index (κ3) is 5.77. The maximum Gasteiger partial charge on any atom is 0.239 e. The molecule has 100 valence electrons. The molecule has 1 N–H and O–H groups in total. The van der Waals surface area contributed by atoms with Crippen molar-refractivity contribution in [3.63, 3.8) is 0 Å². The third-order valence-corrected chi connectivity index (χ3v) is 3.96. The van der Waals surface area contributed by atoms with Crippen LogP contribution < -0.4 is 5.32 Å². The Labute approximate surface area is 110 Å². The summed E-state index contributed by atoms with van der Waals surface area (Å²) in [7, 11) is 0. The summed E-state index contributed by atoms with van der Waals surface area (Å²) in [5, 5.41) is 3.33. The lowest BCUT2D eigenvalue weighted by Crippen LogP contribution is -2.45. The second-order valence-electron chi connectivity index (χ2n) is 4.76. The summed E-state index contributed by atoms with van der Waals surface area (Å²) in [5.41, 5.74) is 0. The number of hydrogen-bond donors (Lipinski definition) is 1. The number of nitrogens with zero attached hydrogens (tertiary/aromatic N) is 1. The number of hydrogen-bond acceptors (Lipinski definition) is 3. The number of amides is 1. The van der Waals surface area contributed by atoms with Crippen molar-refractivity contribution in [2.75, 3.05) is 31.6 Å². The Bertz CT molecular complexity index is 215. The van der Waals surface area contributed by atoms with Gasteiger partial charge in [0, 0.05) is 13.1 Å². The number of nitrogens with one attached hydrogen (secondary N) is 1. The Morgan fingerprint density at radius 3 is 2.53 bits per heavy atom. The van der Waals surface area contributed by atoms with Crippen molar-refractivity contribution >= 4 is 17.7 Å². The van der Waals surface area contributed by atoms with Crippen molar-refractivity contribution in [3.05, 3.63) is 0 Å². The standard InChI is InChI=1S/C13H26N2OS/c1-12(14-8-7-11-17-2)13(16)15-9-5-3-4-6-10-15/h12,14H,3-11H2,1-2H3. The van der Waals surface area contributed by atoms with E-state index in [2.05, 4.69) is 11.6 Å². The number of thioether (sulfide) groups is 1. The van der Waals surface area contributed by atoms with Gasteiger partial charge in [-0.2, -0.15) is 11.8 Å². The van der Waals surface area contributed by atoms with Gasteiger partial charge in [0.2, 0.25) is 5.91 Å². The molecule has 1 rings (SSSR count). The molecule has 17 heavy (non-hydrogen) atoms. The van der Waals surface area contributed by atoms with Crippen LogP contribution in [-0.4, -0.2) is 48.5 Å². The van der Waals surface area contributed by atoms with Gasteiger partial charge < -0.3 is 10.2 Å². The molecule has 0 aromatic rings. The van der Waals surface area contributed by atoms with Crippen LogP contribution >= 0.6 is 11.8 Å². The summed E-state index contributed by atoms with van der Waals surface area (Å²) in [4.78, 5) is 14.2. The Hall–Kier alpha value is -0.220. The average molecular weight is 258 g/mol. The molecule has 0 aromatic heterocycles. The van der Waals surface area contributed by atoms with Crippen molar-refractivity contribution in [1.29, 1.82) is 0 Å². The highest BCUT2D eigenvalue weighted by atomic mass is 32.2. The molecule has 0 spiro atoms. The Morgan fingerprint density at radius 1 is 1.29 bits per heavy atom. The van der Waals surface area contributed by atoms with E-state index < -0.39 is 0 Å². The van der Waals surface area contributed by atoms with Crippen molar-refractivity contribution in [2.24, 2.45) is 0 Å². The van der Waals surface area contributed by atoms with Crippen molar-refractivity contribution < 1.29 is 4.79 Å². The molecule has 3 nitrogen and oxygen atoms in total. The van der Waals surface area contributed by atoms with Crippen LogP contribution in [0.1, 0.15) is 39.0 Å². The molecule has 1 aliphatic rings. The first-order chi connectivity index (χ1) is 8.25. The van der Waals surface area contributed by atoms with Crippen LogP contribution in [-0.2, 0) is 4.79 Å². The van der Waals surface area contributed by atoms with Gasteiger partial charge >= 0.3 is 0 Å². The fourth-order valence-corrected chi connectivity index (χ4v) is 2.62. The van der Waals surface area contributed by atoms with Crippen molar-refractivity contribution in [1.82, 2.24) is 10.2 Å². The molecule has 0 bridgehead atoms. The normalized spacial score (nSPS) is 18.8. The zero-order valence-electron chi connectivity index (χ0n) is 11.2. The molecule has 4 heteroatoms. The second-order valence-corrected chi connectivity index (χ2v) is 5.75. The SMILES string of the molecule is CSCCCNC(C)C(=O)N1CCCCCC1. The highest BCUT2D eigenvalue weighted by Gasteiger charge is 2.20. The largest absolute Gasteiger partial charge is 0.341 e. The molecule has 1 heterocycles. The Balaban J connectivity index is 2.24. The van der Waals surface area contributed by atoms with Crippen LogP contribution in [0.5, 0.6) is 0 Å². The predicted molar refractivity (Wildman–Crippen MR) is 75.5 cm³/mol. The predicted octanol–water partition coefficient (Wildman–Crippen LogP) is 2.12. The number of carbonyl (C=O) groups is 1. The molecule has 0 radical (unpaired) electrons. The van der Waals surface area contributed by atoms with Crippen LogP contribution in [0.4, 0.5) is 0 Å². The molecule has 0 saturated carbocycles.